The average molecular weight is 381 g/mol. The summed E-state index contributed by atoms with van der Waals surface area (Å²) in [6.07, 6.45) is 3.41. The van der Waals surface area contributed by atoms with Gasteiger partial charge in [-0.1, -0.05) is 23.7 Å². The first-order chi connectivity index (χ1) is 11.7. The number of likely N-dealkylation sites (tertiary alicyclic amines) is 1. The average Bonchev–Trinajstić information content (AvgIpc) is 3.26. The van der Waals surface area contributed by atoms with Crippen LogP contribution in [0.15, 0.2) is 30.3 Å². The van der Waals surface area contributed by atoms with Gasteiger partial charge in [0.2, 0.25) is 0 Å². The Morgan fingerprint density at radius 1 is 1.16 bits per heavy atom. The van der Waals surface area contributed by atoms with E-state index in [-0.39, 0.29) is 18.3 Å². The van der Waals surface area contributed by atoms with Gasteiger partial charge in [0, 0.05) is 30.2 Å². The van der Waals surface area contributed by atoms with Crippen molar-refractivity contribution in [3.05, 3.63) is 41.0 Å². The number of H-pyrrole nitrogens is 1. The lowest BCUT2D eigenvalue weighted by molar-refractivity contribution is 0.0602. The third-order valence-corrected chi connectivity index (χ3v) is 5.64. The molecule has 2 aliphatic heterocycles. The smallest absolute Gasteiger partial charge is 0.271 e. The van der Waals surface area contributed by atoms with Crippen molar-refractivity contribution in [1.29, 1.82) is 0 Å². The van der Waals surface area contributed by atoms with Gasteiger partial charge in [0.05, 0.1) is 5.69 Å². The normalized spacial score (nSPS) is 19.0. The van der Waals surface area contributed by atoms with Crippen molar-refractivity contribution in [1.82, 2.24) is 20.4 Å². The van der Waals surface area contributed by atoms with Crippen LogP contribution in [0.1, 0.15) is 29.8 Å². The summed E-state index contributed by atoms with van der Waals surface area (Å²) < 4.78 is 0. The van der Waals surface area contributed by atoms with Gasteiger partial charge in [0.15, 0.2) is 0 Å². The first kappa shape index (κ1) is 18.2. The third-order valence-electron chi connectivity index (χ3n) is 5.39. The Bertz CT molecular complexity index is 728. The van der Waals surface area contributed by atoms with Crippen molar-refractivity contribution in [3.63, 3.8) is 0 Å². The molecule has 134 valence electrons. The maximum atomic E-state index is 12.7. The number of nitrogens with zero attached hydrogens (tertiary/aromatic N) is 2. The predicted molar refractivity (Wildman–Crippen MR) is 101 cm³/mol. The zero-order chi connectivity index (χ0) is 16.6. The van der Waals surface area contributed by atoms with E-state index in [0.717, 1.165) is 50.3 Å². The van der Waals surface area contributed by atoms with Crippen LogP contribution >= 0.6 is 24.0 Å². The van der Waals surface area contributed by atoms with Gasteiger partial charge in [-0.05, 0) is 49.4 Å². The lowest BCUT2D eigenvalue weighted by Gasteiger charge is -2.38. The molecule has 1 amide bonds. The molecule has 2 fully saturated rings. The summed E-state index contributed by atoms with van der Waals surface area (Å²) in [6, 6.07) is 9.29. The van der Waals surface area contributed by atoms with Crippen LogP contribution in [-0.4, -0.2) is 47.2 Å². The number of benzene rings is 1. The second-order valence-electron chi connectivity index (χ2n) is 6.89. The molecule has 25 heavy (non-hydrogen) atoms. The molecule has 0 bridgehead atoms. The van der Waals surface area contributed by atoms with Gasteiger partial charge in [0.1, 0.15) is 5.69 Å². The fraction of sp³-hybridized carbons (Fsp3) is 0.444. The molecule has 2 N–H and O–H groups in total. The first-order valence-corrected chi connectivity index (χ1v) is 8.84. The largest absolute Gasteiger partial charge is 0.337 e. The maximum Gasteiger partial charge on any atom is 0.271 e. The monoisotopic (exact) mass is 380 g/mol. The van der Waals surface area contributed by atoms with Crippen LogP contribution in [0.2, 0.25) is 5.02 Å². The number of aromatic nitrogens is 2. The topological polar surface area (TPSA) is 61.0 Å². The van der Waals surface area contributed by atoms with Crippen LogP contribution in [0.25, 0.3) is 11.3 Å². The quantitative estimate of drug-likeness (QED) is 0.839. The molecule has 5 nitrogen and oxygen atoms in total. The molecule has 0 atom stereocenters. The standard InChI is InChI=1S/C18H21ClN4O.ClH/c19-14-3-1-13(2-4-14)15-11-16(22-21-15)17(24)23-9-6-18(7-10-23)5-8-20-12-18;/h1-4,11,20H,5-10,12H2,(H,21,22);1H. The second-order valence-corrected chi connectivity index (χ2v) is 7.33. The molecule has 0 unspecified atom stereocenters. The number of piperidine rings is 1. The number of hydrogen-bond donors (Lipinski definition) is 2. The molecule has 2 saturated heterocycles. The number of aromatic amines is 1. The van der Waals surface area contributed by atoms with Crippen LogP contribution in [0.3, 0.4) is 0 Å². The summed E-state index contributed by atoms with van der Waals surface area (Å²) in [5, 5.41) is 11.3. The Hall–Kier alpha value is -1.56. The van der Waals surface area contributed by atoms with Crippen molar-refractivity contribution in [2.24, 2.45) is 5.41 Å². The van der Waals surface area contributed by atoms with E-state index < -0.39 is 0 Å². The van der Waals surface area contributed by atoms with E-state index >= 15 is 0 Å². The highest BCUT2D eigenvalue weighted by Crippen LogP contribution is 2.37. The molecule has 0 radical (unpaired) electrons. The molecule has 2 aliphatic rings. The summed E-state index contributed by atoms with van der Waals surface area (Å²) in [4.78, 5) is 14.7. The zero-order valence-corrected chi connectivity index (χ0v) is 15.5. The van der Waals surface area contributed by atoms with Gasteiger partial charge < -0.3 is 10.2 Å². The number of hydrogen-bond acceptors (Lipinski definition) is 3. The van der Waals surface area contributed by atoms with Crippen molar-refractivity contribution in [2.75, 3.05) is 26.2 Å². The highest BCUT2D eigenvalue weighted by Gasteiger charge is 2.38. The Morgan fingerprint density at radius 3 is 2.52 bits per heavy atom. The van der Waals surface area contributed by atoms with E-state index in [0.29, 0.717) is 16.1 Å². The summed E-state index contributed by atoms with van der Waals surface area (Å²) in [6.45, 7) is 3.87. The van der Waals surface area contributed by atoms with E-state index in [4.69, 9.17) is 11.6 Å². The molecular weight excluding hydrogens is 359 g/mol. The van der Waals surface area contributed by atoms with E-state index in [9.17, 15) is 4.79 Å². The zero-order valence-electron chi connectivity index (χ0n) is 13.9. The molecular formula is C18H22Cl2N4O. The lowest BCUT2D eigenvalue weighted by Crippen LogP contribution is -2.44. The predicted octanol–water partition coefficient (Wildman–Crippen LogP) is 3.37. The molecule has 1 aromatic carbocycles. The summed E-state index contributed by atoms with van der Waals surface area (Å²) in [7, 11) is 0. The van der Waals surface area contributed by atoms with Crippen molar-refractivity contribution < 1.29 is 4.79 Å². The van der Waals surface area contributed by atoms with Gasteiger partial charge in [-0.2, -0.15) is 5.10 Å². The van der Waals surface area contributed by atoms with Crippen molar-refractivity contribution in [3.8, 4) is 11.3 Å². The number of rotatable bonds is 2. The van der Waals surface area contributed by atoms with Crippen LogP contribution in [0, 0.1) is 5.41 Å². The molecule has 3 heterocycles. The van der Waals surface area contributed by atoms with E-state index in [1.807, 2.05) is 35.2 Å². The third kappa shape index (κ3) is 3.68. The maximum absolute atomic E-state index is 12.7. The number of nitrogens with one attached hydrogen (secondary N) is 2. The molecule has 0 aliphatic carbocycles. The fourth-order valence-electron chi connectivity index (χ4n) is 3.78. The molecule has 1 spiro atoms. The minimum Gasteiger partial charge on any atom is -0.337 e. The Balaban J connectivity index is 0.00000182. The highest BCUT2D eigenvalue weighted by molar-refractivity contribution is 6.30. The Morgan fingerprint density at radius 2 is 1.88 bits per heavy atom. The Kier molecular flexibility index (Phi) is 5.37. The van der Waals surface area contributed by atoms with Crippen LogP contribution in [0.5, 0.6) is 0 Å². The molecule has 0 saturated carbocycles. The summed E-state index contributed by atoms with van der Waals surface area (Å²) in [5.74, 6) is 0.0449. The number of halogens is 2. The van der Waals surface area contributed by atoms with E-state index in [1.54, 1.807) is 0 Å². The molecule has 1 aromatic heterocycles. The molecule has 7 heteroatoms. The van der Waals surface area contributed by atoms with Crippen LogP contribution in [0.4, 0.5) is 0 Å². The van der Waals surface area contributed by atoms with Gasteiger partial charge in [-0.25, -0.2) is 0 Å². The summed E-state index contributed by atoms with van der Waals surface area (Å²) >= 11 is 5.91. The van der Waals surface area contributed by atoms with Gasteiger partial charge in [-0.3, -0.25) is 9.89 Å². The first-order valence-electron chi connectivity index (χ1n) is 8.47. The van der Waals surface area contributed by atoms with Gasteiger partial charge in [-0.15, -0.1) is 12.4 Å². The van der Waals surface area contributed by atoms with Crippen molar-refractivity contribution >= 4 is 29.9 Å². The number of amides is 1. The van der Waals surface area contributed by atoms with E-state index in [2.05, 4.69) is 15.5 Å². The van der Waals surface area contributed by atoms with E-state index in [1.165, 1.54) is 6.42 Å². The van der Waals surface area contributed by atoms with Crippen molar-refractivity contribution in [2.45, 2.75) is 19.3 Å². The lowest BCUT2D eigenvalue weighted by atomic mass is 9.78. The second kappa shape index (κ2) is 7.36. The fourth-order valence-corrected chi connectivity index (χ4v) is 3.90. The summed E-state index contributed by atoms with van der Waals surface area (Å²) in [5.41, 5.74) is 2.69. The number of carbonyl (C=O) groups is 1. The molecule has 2 aromatic rings. The SMILES string of the molecule is Cl.O=C(c1cc(-c2ccc(Cl)cc2)n[nH]1)N1CCC2(CCNC2)CC1. The van der Waals surface area contributed by atoms with Gasteiger partial charge >= 0.3 is 0 Å². The minimum absolute atomic E-state index is 0. The minimum atomic E-state index is 0. The van der Waals surface area contributed by atoms with Crippen LogP contribution in [-0.2, 0) is 0 Å². The van der Waals surface area contributed by atoms with Gasteiger partial charge in [0.25, 0.3) is 5.91 Å². The highest BCUT2D eigenvalue weighted by atomic mass is 35.5. The van der Waals surface area contributed by atoms with Crippen LogP contribution < -0.4 is 5.32 Å². The Labute approximate surface area is 158 Å². The number of carbonyl (C=O) groups excluding carboxylic acids is 1. The molecule has 4 rings (SSSR count).